The van der Waals surface area contributed by atoms with Crippen molar-refractivity contribution >= 4 is 18.0 Å². The molecule has 0 N–H and O–H groups in total. The Bertz CT molecular complexity index is 665. The van der Waals surface area contributed by atoms with E-state index < -0.39 is 0 Å². The smallest absolute Gasteiger partial charge is 0.246 e. The molecule has 1 saturated heterocycles. The Kier molecular flexibility index (Phi) is 6.64. The predicted octanol–water partition coefficient (Wildman–Crippen LogP) is 4.01. The standard InChI is InChI=1S/C22H31N3O2/c1-3-7-17(2)16-21(26)24-14-11-19(12-15-24)22(27)25-20(10-13-23-25)18-8-5-4-6-9-18/h4-6,8-9,13,17,19-20H,3,7,10-12,14-16H2,1-2H3. The van der Waals surface area contributed by atoms with Gasteiger partial charge in [0.1, 0.15) is 0 Å². The second-order valence-electron chi connectivity index (χ2n) is 7.90. The molecule has 5 nitrogen and oxygen atoms in total. The van der Waals surface area contributed by atoms with Crippen molar-refractivity contribution in [2.45, 2.75) is 58.4 Å². The Morgan fingerprint density at radius 1 is 1.19 bits per heavy atom. The van der Waals surface area contributed by atoms with Crippen LogP contribution in [0.15, 0.2) is 35.4 Å². The molecular weight excluding hydrogens is 338 g/mol. The molecule has 27 heavy (non-hydrogen) atoms. The van der Waals surface area contributed by atoms with E-state index in [4.69, 9.17) is 0 Å². The quantitative estimate of drug-likeness (QED) is 0.761. The summed E-state index contributed by atoms with van der Waals surface area (Å²) in [4.78, 5) is 27.4. The van der Waals surface area contributed by atoms with Crippen molar-refractivity contribution < 1.29 is 9.59 Å². The Labute approximate surface area is 162 Å². The number of piperidine rings is 1. The van der Waals surface area contributed by atoms with Crippen molar-refractivity contribution in [3.8, 4) is 0 Å². The van der Waals surface area contributed by atoms with Crippen LogP contribution in [0.4, 0.5) is 0 Å². The number of carbonyl (C=O) groups is 2. The van der Waals surface area contributed by atoms with Gasteiger partial charge in [0.05, 0.1) is 6.04 Å². The molecule has 2 aliphatic heterocycles. The lowest BCUT2D eigenvalue weighted by Gasteiger charge is -2.34. The fourth-order valence-corrected chi connectivity index (χ4v) is 4.16. The Morgan fingerprint density at radius 2 is 1.89 bits per heavy atom. The van der Waals surface area contributed by atoms with Gasteiger partial charge in [0.25, 0.3) is 0 Å². The summed E-state index contributed by atoms with van der Waals surface area (Å²) in [7, 11) is 0. The molecule has 0 aliphatic carbocycles. The van der Waals surface area contributed by atoms with Gasteiger partial charge in [-0.1, -0.05) is 57.0 Å². The molecule has 2 aliphatic rings. The molecule has 146 valence electrons. The first kappa shape index (κ1) is 19.6. The Balaban J connectivity index is 1.54. The van der Waals surface area contributed by atoms with Gasteiger partial charge in [0, 0.05) is 38.1 Å². The average Bonchev–Trinajstić information content (AvgIpc) is 3.18. The molecular formula is C22H31N3O2. The van der Waals surface area contributed by atoms with E-state index in [0.717, 1.165) is 37.7 Å². The molecule has 1 aromatic rings. The summed E-state index contributed by atoms with van der Waals surface area (Å²) < 4.78 is 0. The Hall–Kier alpha value is -2.17. The fourth-order valence-electron chi connectivity index (χ4n) is 4.16. The number of hydrogen-bond donors (Lipinski definition) is 0. The van der Waals surface area contributed by atoms with Crippen LogP contribution in [0.25, 0.3) is 0 Å². The molecule has 0 bridgehead atoms. The van der Waals surface area contributed by atoms with Gasteiger partial charge < -0.3 is 4.90 Å². The zero-order valence-electron chi connectivity index (χ0n) is 16.5. The van der Waals surface area contributed by atoms with Crippen LogP contribution in [0.3, 0.4) is 0 Å². The van der Waals surface area contributed by atoms with E-state index in [1.807, 2.05) is 29.3 Å². The van der Waals surface area contributed by atoms with Crippen molar-refractivity contribution in [1.82, 2.24) is 9.91 Å². The molecule has 1 fully saturated rings. The maximum atomic E-state index is 13.0. The number of benzene rings is 1. The van der Waals surface area contributed by atoms with Crippen LogP contribution in [-0.4, -0.2) is 41.0 Å². The number of carbonyl (C=O) groups excluding carboxylic acids is 2. The molecule has 3 rings (SSSR count). The lowest BCUT2D eigenvalue weighted by molar-refractivity contribution is -0.142. The largest absolute Gasteiger partial charge is 0.343 e. The van der Waals surface area contributed by atoms with Crippen molar-refractivity contribution in [3.05, 3.63) is 35.9 Å². The molecule has 2 amide bonds. The van der Waals surface area contributed by atoms with Crippen molar-refractivity contribution in [3.63, 3.8) is 0 Å². The highest BCUT2D eigenvalue weighted by molar-refractivity contribution is 5.82. The van der Waals surface area contributed by atoms with E-state index >= 15 is 0 Å². The average molecular weight is 370 g/mol. The zero-order valence-corrected chi connectivity index (χ0v) is 16.5. The molecule has 0 aromatic heterocycles. The summed E-state index contributed by atoms with van der Waals surface area (Å²) in [5, 5.41) is 6.03. The molecule has 2 heterocycles. The highest BCUT2D eigenvalue weighted by Crippen LogP contribution is 2.31. The molecule has 1 aromatic carbocycles. The molecule has 2 unspecified atom stereocenters. The summed E-state index contributed by atoms with van der Waals surface area (Å²) in [5.41, 5.74) is 1.13. The number of rotatable bonds is 6. The van der Waals surface area contributed by atoms with Gasteiger partial charge in [-0.3, -0.25) is 9.59 Å². The summed E-state index contributed by atoms with van der Waals surface area (Å²) in [6.45, 7) is 5.66. The van der Waals surface area contributed by atoms with Crippen LogP contribution in [0.2, 0.25) is 0 Å². The monoisotopic (exact) mass is 369 g/mol. The minimum Gasteiger partial charge on any atom is -0.343 e. The summed E-state index contributed by atoms with van der Waals surface area (Å²) in [6.07, 6.45) is 6.91. The van der Waals surface area contributed by atoms with E-state index in [1.165, 1.54) is 0 Å². The molecule has 0 spiro atoms. The van der Waals surface area contributed by atoms with Gasteiger partial charge in [-0.15, -0.1) is 0 Å². The second-order valence-corrected chi connectivity index (χ2v) is 7.90. The number of nitrogens with zero attached hydrogens (tertiary/aromatic N) is 3. The van der Waals surface area contributed by atoms with E-state index in [9.17, 15) is 9.59 Å². The lowest BCUT2D eigenvalue weighted by atomic mass is 9.93. The summed E-state index contributed by atoms with van der Waals surface area (Å²) in [6, 6.07) is 10.1. The van der Waals surface area contributed by atoms with Gasteiger partial charge in [0.2, 0.25) is 11.8 Å². The number of hydrazone groups is 1. The van der Waals surface area contributed by atoms with Crippen molar-refractivity contribution in [1.29, 1.82) is 0 Å². The highest BCUT2D eigenvalue weighted by atomic mass is 16.2. The molecule has 0 radical (unpaired) electrons. The van der Waals surface area contributed by atoms with Crippen LogP contribution in [-0.2, 0) is 9.59 Å². The zero-order chi connectivity index (χ0) is 19.2. The van der Waals surface area contributed by atoms with E-state index in [0.29, 0.717) is 25.4 Å². The van der Waals surface area contributed by atoms with Gasteiger partial charge in [-0.2, -0.15) is 5.10 Å². The summed E-state index contributed by atoms with van der Waals surface area (Å²) in [5.74, 6) is 0.739. The molecule has 2 atom stereocenters. The van der Waals surface area contributed by atoms with Crippen LogP contribution >= 0.6 is 0 Å². The van der Waals surface area contributed by atoms with Gasteiger partial charge in [0.15, 0.2) is 0 Å². The van der Waals surface area contributed by atoms with E-state index in [2.05, 4.69) is 31.1 Å². The third kappa shape index (κ3) is 4.76. The number of amides is 2. The lowest BCUT2D eigenvalue weighted by Crippen LogP contribution is -2.43. The van der Waals surface area contributed by atoms with Gasteiger partial charge in [-0.25, -0.2) is 5.01 Å². The SMILES string of the molecule is CCCC(C)CC(=O)N1CCC(C(=O)N2N=CCC2c2ccccc2)CC1. The maximum absolute atomic E-state index is 13.0. The first-order chi connectivity index (χ1) is 13.1. The van der Waals surface area contributed by atoms with Crippen LogP contribution in [0.5, 0.6) is 0 Å². The third-order valence-electron chi connectivity index (χ3n) is 5.74. The fraction of sp³-hybridized carbons (Fsp3) is 0.591. The minimum absolute atomic E-state index is 0.00764. The van der Waals surface area contributed by atoms with Crippen LogP contribution < -0.4 is 0 Å². The molecule has 0 saturated carbocycles. The Morgan fingerprint density at radius 3 is 2.56 bits per heavy atom. The van der Waals surface area contributed by atoms with Crippen molar-refractivity contribution in [2.75, 3.05) is 13.1 Å². The molecule has 5 heteroatoms. The first-order valence-electron chi connectivity index (χ1n) is 10.3. The van der Waals surface area contributed by atoms with Crippen molar-refractivity contribution in [2.24, 2.45) is 16.9 Å². The minimum atomic E-state index is -0.0384. The first-order valence-corrected chi connectivity index (χ1v) is 10.3. The van der Waals surface area contributed by atoms with Gasteiger partial charge >= 0.3 is 0 Å². The predicted molar refractivity (Wildman–Crippen MR) is 107 cm³/mol. The van der Waals surface area contributed by atoms with E-state index in [1.54, 1.807) is 5.01 Å². The van der Waals surface area contributed by atoms with Crippen LogP contribution in [0, 0.1) is 11.8 Å². The number of likely N-dealkylation sites (tertiary alicyclic amines) is 1. The van der Waals surface area contributed by atoms with Gasteiger partial charge in [-0.05, 0) is 24.3 Å². The summed E-state index contributed by atoms with van der Waals surface area (Å²) >= 11 is 0. The third-order valence-corrected chi connectivity index (χ3v) is 5.74. The highest BCUT2D eigenvalue weighted by Gasteiger charge is 2.35. The topological polar surface area (TPSA) is 53.0 Å². The van der Waals surface area contributed by atoms with Crippen LogP contribution in [0.1, 0.15) is 64.0 Å². The normalized spacial score (nSPS) is 21.5. The number of hydrogen-bond acceptors (Lipinski definition) is 3. The second kappa shape index (κ2) is 9.16. The van der Waals surface area contributed by atoms with E-state index in [-0.39, 0.29) is 23.8 Å². The maximum Gasteiger partial charge on any atom is 0.246 e.